The molecule has 0 aliphatic heterocycles. The molecule has 4 heteroatoms. The zero-order chi connectivity index (χ0) is 23.4. The van der Waals surface area contributed by atoms with E-state index in [1.165, 1.54) is 11.1 Å². The average Bonchev–Trinajstić information content (AvgIpc) is 2.69. The minimum atomic E-state index is -1.80. The first kappa shape index (κ1) is 24.9. The van der Waals surface area contributed by atoms with E-state index in [1.807, 2.05) is 24.3 Å². The molecule has 166 valence electrons. The first-order valence-electron chi connectivity index (χ1n) is 10.9. The molecule has 2 aromatic rings. The lowest BCUT2D eigenvalue weighted by Gasteiger charge is -2.36. The number of aliphatic carboxylic acids is 1. The number of benzene rings is 2. The minimum absolute atomic E-state index is 0.189. The molecule has 0 aliphatic carbocycles. The third kappa shape index (κ3) is 6.56. The molecule has 0 fully saturated rings. The molecule has 1 atom stereocenters. The van der Waals surface area contributed by atoms with E-state index in [9.17, 15) is 4.79 Å². The van der Waals surface area contributed by atoms with Gasteiger partial charge in [-0.05, 0) is 71.9 Å². The third-order valence-corrected chi connectivity index (χ3v) is 10.8. The van der Waals surface area contributed by atoms with E-state index in [4.69, 9.17) is 9.53 Å². The lowest BCUT2D eigenvalue weighted by Crippen LogP contribution is -2.40. The van der Waals surface area contributed by atoms with Crippen molar-refractivity contribution in [3.05, 3.63) is 70.3 Å². The molecular formula is C27H36O3Si. The van der Waals surface area contributed by atoms with E-state index >= 15 is 0 Å². The minimum Gasteiger partial charge on any atom is -0.481 e. The van der Waals surface area contributed by atoms with Crippen LogP contribution in [0.25, 0.3) is 0 Å². The summed E-state index contributed by atoms with van der Waals surface area (Å²) in [5, 5.41) is 9.33. The molecule has 0 spiro atoms. The standard InChI is InChI=1S/C27H36O3Si/c1-19(2)25-17-22(13-16-24(25)18-30-31(7,8)27(4,5)6)10-9-21-11-14-23(15-12-21)20(3)26(28)29/h11-17,19-20H,18H2,1-8H3,(H,28,29). The first-order valence-corrected chi connectivity index (χ1v) is 13.8. The molecule has 0 bridgehead atoms. The van der Waals surface area contributed by atoms with Gasteiger partial charge in [0.15, 0.2) is 8.32 Å². The van der Waals surface area contributed by atoms with Crippen molar-refractivity contribution in [3.63, 3.8) is 0 Å². The van der Waals surface area contributed by atoms with Gasteiger partial charge in [-0.1, -0.05) is 64.7 Å². The monoisotopic (exact) mass is 436 g/mol. The van der Waals surface area contributed by atoms with E-state index in [-0.39, 0.29) is 5.04 Å². The van der Waals surface area contributed by atoms with Crippen molar-refractivity contribution >= 4 is 14.3 Å². The van der Waals surface area contributed by atoms with Gasteiger partial charge in [0.05, 0.1) is 12.5 Å². The summed E-state index contributed by atoms with van der Waals surface area (Å²) in [5.41, 5.74) is 5.14. The van der Waals surface area contributed by atoms with Crippen molar-refractivity contribution in [2.24, 2.45) is 0 Å². The van der Waals surface area contributed by atoms with Gasteiger partial charge in [0.1, 0.15) is 0 Å². The van der Waals surface area contributed by atoms with Gasteiger partial charge in [-0.3, -0.25) is 4.79 Å². The van der Waals surface area contributed by atoms with Crippen molar-refractivity contribution in [2.45, 2.75) is 78.1 Å². The maximum atomic E-state index is 11.1. The molecule has 2 aromatic carbocycles. The van der Waals surface area contributed by atoms with Gasteiger partial charge in [0.25, 0.3) is 0 Å². The molecule has 0 aromatic heterocycles. The van der Waals surface area contributed by atoms with Crippen molar-refractivity contribution in [3.8, 4) is 11.8 Å². The zero-order valence-electron chi connectivity index (χ0n) is 20.2. The number of rotatable bonds is 6. The van der Waals surface area contributed by atoms with Crippen LogP contribution in [0.4, 0.5) is 0 Å². The number of carboxylic acid groups (broad SMARTS) is 1. The molecule has 0 saturated heterocycles. The maximum absolute atomic E-state index is 11.1. The predicted molar refractivity (Wildman–Crippen MR) is 131 cm³/mol. The van der Waals surface area contributed by atoms with Crippen molar-refractivity contribution < 1.29 is 14.3 Å². The Hall–Kier alpha value is -2.35. The fourth-order valence-corrected chi connectivity index (χ4v) is 3.91. The van der Waals surface area contributed by atoms with E-state index in [0.29, 0.717) is 12.5 Å². The predicted octanol–water partition coefficient (Wildman–Crippen LogP) is 6.92. The van der Waals surface area contributed by atoms with Crippen molar-refractivity contribution in [1.82, 2.24) is 0 Å². The van der Waals surface area contributed by atoms with Gasteiger partial charge in [-0.25, -0.2) is 0 Å². The lowest BCUT2D eigenvalue weighted by atomic mass is 9.95. The van der Waals surface area contributed by atoms with Gasteiger partial charge >= 0.3 is 5.97 Å². The number of carbonyl (C=O) groups is 1. The summed E-state index contributed by atoms with van der Waals surface area (Å²) in [5.74, 6) is 5.50. The lowest BCUT2D eigenvalue weighted by molar-refractivity contribution is -0.138. The maximum Gasteiger partial charge on any atom is 0.310 e. The Morgan fingerprint density at radius 3 is 2.06 bits per heavy atom. The zero-order valence-corrected chi connectivity index (χ0v) is 21.2. The van der Waals surface area contributed by atoms with Gasteiger partial charge in [0.2, 0.25) is 0 Å². The second kappa shape index (κ2) is 9.85. The highest BCUT2D eigenvalue weighted by molar-refractivity contribution is 6.74. The molecular weight excluding hydrogens is 400 g/mol. The summed E-state index contributed by atoms with van der Waals surface area (Å²) in [6.45, 7) is 18.1. The third-order valence-electron chi connectivity index (χ3n) is 6.29. The second-order valence-corrected chi connectivity index (χ2v) is 14.9. The number of carboxylic acids is 1. The molecule has 1 N–H and O–H groups in total. The molecule has 0 radical (unpaired) electrons. The SMILES string of the molecule is CC(C)c1cc(C#Cc2ccc(C(C)C(=O)O)cc2)ccc1CO[Si](C)(C)C(C)(C)C. The summed E-state index contributed by atoms with van der Waals surface area (Å²) in [6, 6.07) is 13.8. The highest BCUT2D eigenvalue weighted by Crippen LogP contribution is 2.37. The first-order chi connectivity index (χ1) is 14.3. The Morgan fingerprint density at radius 1 is 1.00 bits per heavy atom. The van der Waals surface area contributed by atoms with E-state index in [2.05, 4.69) is 77.8 Å². The van der Waals surface area contributed by atoms with E-state index < -0.39 is 20.2 Å². The largest absolute Gasteiger partial charge is 0.481 e. The Morgan fingerprint density at radius 2 is 1.55 bits per heavy atom. The van der Waals surface area contributed by atoms with Gasteiger partial charge in [0, 0.05) is 11.1 Å². The van der Waals surface area contributed by atoms with Gasteiger partial charge < -0.3 is 9.53 Å². The van der Waals surface area contributed by atoms with Crippen LogP contribution in [0.3, 0.4) is 0 Å². The van der Waals surface area contributed by atoms with Crippen LogP contribution in [0.1, 0.15) is 81.2 Å². The normalized spacial score (nSPS) is 12.9. The van der Waals surface area contributed by atoms with Crippen LogP contribution in [0.2, 0.25) is 18.1 Å². The topological polar surface area (TPSA) is 46.5 Å². The van der Waals surface area contributed by atoms with Gasteiger partial charge in [-0.15, -0.1) is 0 Å². The average molecular weight is 437 g/mol. The summed E-state index contributed by atoms with van der Waals surface area (Å²) in [6.07, 6.45) is 0. The van der Waals surface area contributed by atoms with Crippen LogP contribution >= 0.6 is 0 Å². The van der Waals surface area contributed by atoms with E-state index in [0.717, 1.165) is 16.7 Å². The molecule has 3 nitrogen and oxygen atoms in total. The number of hydrogen-bond donors (Lipinski definition) is 1. The molecule has 31 heavy (non-hydrogen) atoms. The summed E-state index contributed by atoms with van der Waals surface area (Å²) >= 11 is 0. The Labute approximate surface area is 189 Å². The number of hydrogen-bond acceptors (Lipinski definition) is 2. The summed E-state index contributed by atoms with van der Waals surface area (Å²) < 4.78 is 6.45. The van der Waals surface area contributed by atoms with Crippen LogP contribution in [0.5, 0.6) is 0 Å². The second-order valence-electron chi connectivity index (χ2n) is 10.0. The highest BCUT2D eigenvalue weighted by Gasteiger charge is 2.37. The van der Waals surface area contributed by atoms with Crippen LogP contribution in [0.15, 0.2) is 42.5 Å². The fourth-order valence-electron chi connectivity index (χ4n) is 2.96. The van der Waals surface area contributed by atoms with Gasteiger partial charge in [-0.2, -0.15) is 0 Å². The van der Waals surface area contributed by atoms with Crippen molar-refractivity contribution in [2.75, 3.05) is 0 Å². The van der Waals surface area contributed by atoms with E-state index in [1.54, 1.807) is 6.92 Å². The molecule has 0 heterocycles. The molecule has 2 rings (SSSR count). The highest BCUT2D eigenvalue weighted by atomic mass is 28.4. The van der Waals surface area contributed by atoms with Crippen LogP contribution in [-0.4, -0.2) is 19.4 Å². The fraction of sp³-hybridized carbons (Fsp3) is 0.444. The quantitative estimate of drug-likeness (QED) is 0.395. The molecule has 0 aliphatic rings. The van der Waals surface area contributed by atoms with Crippen molar-refractivity contribution in [1.29, 1.82) is 0 Å². The molecule has 0 amide bonds. The van der Waals surface area contributed by atoms with Crippen LogP contribution < -0.4 is 0 Å². The Balaban J connectivity index is 2.21. The molecule has 1 unspecified atom stereocenters. The molecule has 0 saturated carbocycles. The van der Waals surface area contributed by atoms with Crippen LogP contribution in [-0.2, 0) is 15.8 Å². The summed E-state index contributed by atoms with van der Waals surface area (Å²) in [4.78, 5) is 11.1. The Bertz CT molecular complexity index is 970. The van der Waals surface area contributed by atoms with Crippen LogP contribution in [0, 0.1) is 11.8 Å². The Kier molecular flexibility index (Phi) is 7.91. The summed E-state index contributed by atoms with van der Waals surface area (Å²) in [7, 11) is -1.80. The smallest absolute Gasteiger partial charge is 0.310 e.